The number of nitrogens with zero attached hydrogens (tertiary/aromatic N) is 3. The second-order valence-corrected chi connectivity index (χ2v) is 8.02. The van der Waals surface area contributed by atoms with Gasteiger partial charge >= 0.3 is 0 Å². The summed E-state index contributed by atoms with van der Waals surface area (Å²) in [6, 6.07) is 1.66. The van der Waals surface area contributed by atoms with Gasteiger partial charge in [-0.2, -0.15) is 4.98 Å². The number of aliphatic hydroxyl groups is 1. The number of benzene rings is 1. The zero-order valence-electron chi connectivity index (χ0n) is 17.2. The lowest BCUT2D eigenvalue weighted by Crippen LogP contribution is -2.57. The first-order valence-corrected chi connectivity index (χ1v) is 9.77. The Morgan fingerprint density at radius 1 is 1.29 bits per heavy atom. The lowest BCUT2D eigenvalue weighted by atomic mass is 9.82. The van der Waals surface area contributed by atoms with Crippen LogP contribution in [-0.2, 0) is 4.79 Å². The van der Waals surface area contributed by atoms with Crippen LogP contribution in [-0.4, -0.2) is 46.4 Å². The second-order valence-electron chi connectivity index (χ2n) is 8.02. The minimum atomic E-state index is -1.73. The molecule has 1 saturated carbocycles. The van der Waals surface area contributed by atoms with Crippen molar-refractivity contribution in [1.29, 1.82) is 0 Å². The lowest BCUT2D eigenvalue weighted by Gasteiger charge is -2.39. The Morgan fingerprint density at radius 3 is 2.58 bits per heavy atom. The molecule has 31 heavy (non-hydrogen) atoms. The molecule has 1 fully saturated rings. The smallest absolute Gasteiger partial charge is 0.277 e. The minimum Gasteiger partial charge on any atom is -0.490 e. The maximum absolute atomic E-state index is 13.3. The average Bonchev–Trinajstić information content (AvgIpc) is 2.67. The maximum atomic E-state index is 13.3. The molecule has 1 aliphatic heterocycles. The maximum Gasteiger partial charge on any atom is 0.277 e. The van der Waals surface area contributed by atoms with Gasteiger partial charge < -0.3 is 25.4 Å². The van der Waals surface area contributed by atoms with Crippen molar-refractivity contribution >= 4 is 23.4 Å². The molecule has 1 aromatic carbocycles. The van der Waals surface area contributed by atoms with Gasteiger partial charge in [-0.3, -0.25) is 4.79 Å². The van der Waals surface area contributed by atoms with E-state index in [0.29, 0.717) is 42.5 Å². The van der Waals surface area contributed by atoms with E-state index < -0.39 is 29.1 Å². The summed E-state index contributed by atoms with van der Waals surface area (Å²) in [4.78, 5) is 22.2. The van der Waals surface area contributed by atoms with E-state index in [1.165, 1.54) is 11.8 Å². The first-order chi connectivity index (χ1) is 14.6. The number of hydrogen-bond acceptors (Lipinski definition) is 7. The molecule has 0 saturated heterocycles. The second kappa shape index (κ2) is 7.56. The van der Waals surface area contributed by atoms with Gasteiger partial charge in [-0.1, -0.05) is 0 Å². The van der Waals surface area contributed by atoms with Crippen LogP contribution in [0.5, 0.6) is 5.75 Å². The highest BCUT2D eigenvalue weighted by Gasteiger charge is 2.42. The number of anilines is 3. The molecule has 2 aliphatic rings. The van der Waals surface area contributed by atoms with Gasteiger partial charge in [-0.15, -0.1) is 0 Å². The number of aromatic nitrogens is 2. The third-order valence-corrected chi connectivity index (χ3v) is 5.71. The Kier molecular flexibility index (Phi) is 5.16. The predicted octanol–water partition coefficient (Wildman–Crippen LogP) is 2.57. The quantitative estimate of drug-likeness (QED) is 0.619. The molecule has 2 aromatic rings. The summed E-state index contributed by atoms with van der Waals surface area (Å²) in [6.45, 7) is 3.65. The van der Waals surface area contributed by atoms with Gasteiger partial charge in [0.05, 0.1) is 11.8 Å². The molecule has 1 aromatic heterocycles. The van der Waals surface area contributed by atoms with Crippen molar-refractivity contribution in [1.82, 2.24) is 9.97 Å². The molecular formula is C20H22F3N5O3. The van der Waals surface area contributed by atoms with Gasteiger partial charge in [0.1, 0.15) is 11.4 Å². The Morgan fingerprint density at radius 2 is 1.94 bits per heavy atom. The Labute approximate surface area is 176 Å². The first-order valence-electron chi connectivity index (χ1n) is 9.77. The van der Waals surface area contributed by atoms with Crippen LogP contribution in [0.2, 0.25) is 0 Å². The van der Waals surface area contributed by atoms with Gasteiger partial charge in [0.15, 0.2) is 23.3 Å². The summed E-state index contributed by atoms with van der Waals surface area (Å²) < 4.78 is 45.1. The fourth-order valence-corrected chi connectivity index (χ4v) is 3.58. The Balaban J connectivity index is 1.35. The molecule has 8 nitrogen and oxygen atoms in total. The number of halogens is 3. The van der Waals surface area contributed by atoms with Gasteiger partial charge in [-0.25, -0.2) is 18.2 Å². The molecule has 4 rings (SSSR count). The highest BCUT2D eigenvalue weighted by Crippen LogP contribution is 2.36. The number of aryl methyl sites for hydroxylation is 1. The predicted molar refractivity (Wildman–Crippen MR) is 106 cm³/mol. The van der Waals surface area contributed by atoms with Crippen molar-refractivity contribution in [3.8, 4) is 5.75 Å². The van der Waals surface area contributed by atoms with E-state index in [9.17, 15) is 23.1 Å². The molecule has 1 atom stereocenters. The van der Waals surface area contributed by atoms with Crippen LogP contribution in [0.25, 0.3) is 0 Å². The van der Waals surface area contributed by atoms with Crippen molar-refractivity contribution < 1.29 is 27.8 Å². The zero-order valence-corrected chi connectivity index (χ0v) is 17.2. The van der Waals surface area contributed by atoms with E-state index in [-0.39, 0.29) is 17.8 Å². The number of rotatable bonds is 5. The third kappa shape index (κ3) is 3.85. The van der Waals surface area contributed by atoms with E-state index in [1.807, 2.05) is 0 Å². The van der Waals surface area contributed by atoms with E-state index >= 15 is 0 Å². The van der Waals surface area contributed by atoms with Crippen LogP contribution < -0.4 is 20.3 Å². The number of carbonyl (C=O) groups excluding carboxylic acids is 1. The van der Waals surface area contributed by atoms with Gasteiger partial charge in [0.2, 0.25) is 11.7 Å². The van der Waals surface area contributed by atoms with E-state index in [4.69, 9.17) is 4.74 Å². The van der Waals surface area contributed by atoms with Crippen molar-refractivity contribution in [2.45, 2.75) is 38.5 Å². The van der Waals surface area contributed by atoms with Gasteiger partial charge in [-0.05, 0) is 32.6 Å². The molecule has 0 radical (unpaired) electrons. The Bertz CT molecular complexity index is 1020. The highest BCUT2D eigenvalue weighted by atomic mass is 19.2. The minimum absolute atomic E-state index is 0.0430. The topological polar surface area (TPSA) is 99.6 Å². The number of nitrogens with one attached hydrogen (secondary N) is 2. The van der Waals surface area contributed by atoms with Crippen LogP contribution in [0, 0.1) is 30.3 Å². The highest BCUT2D eigenvalue weighted by molar-refractivity contribution is 6.04. The summed E-state index contributed by atoms with van der Waals surface area (Å²) in [5.74, 6) is -3.72. The molecule has 1 aliphatic carbocycles. The van der Waals surface area contributed by atoms with Crippen molar-refractivity contribution in [3.05, 3.63) is 35.3 Å². The lowest BCUT2D eigenvalue weighted by molar-refractivity contribution is -0.132. The summed E-state index contributed by atoms with van der Waals surface area (Å²) >= 11 is 0. The zero-order chi connectivity index (χ0) is 22.5. The van der Waals surface area contributed by atoms with Crippen LogP contribution >= 0.6 is 0 Å². The molecule has 2 heterocycles. The van der Waals surface area contributed by atoms with Crippen molar-refractivity contribution in [2.24, 2.45) is 5.92 Å². The third-order valence-electron chi connectivity index (χ3n) is 5.71. The van der Waals surface area contributed by atoms with Crippen molar-refractivity contribution in [2.75, 3.05) is 29.1 Å². The van der Waals surface area contributed by atoms with Crippen LogP contribution in [0.3, 0.4) is 0 Å². The van der Waals surface area contributed by atoms with Crippen molar-refractivity contribution in [3.63, 3.8) is 0 Å². The van der Waals surface area contributed by atoms with E-state index in [0.717, 1.165) is 12.1 Å². The molecular weight excluding hydrogens is 415 g/mol. The number of ether oxygens (including phenoxy) is 1. The largest absolute Gasteiger partial charge is 0.490 e. The Hall–Kier alpha value is -3.08. The fourth-order valence-electron chi connectivity index (χ4n) is 3.58. The fraction of sp³-hybridized carbons (Fsp3) is 0.450. The van der Waals surface area contributed by atoms with Gasteiger partial charge in [0, 0.05) is 25.7 Å². The van der Waals surface area contributed by atoms with Crippen LogP contribution in [0.4, 0.5) is 30.6 Å². The van der Waals surface area contributed by atoms with Crippen LogP contribution in [0.15, 0.2) is 12.1 Å². The number of fused-ring (bicyclic) bond motifs is 1. The average molecular weight is 437 g/mol. The monoisotopic (exact) mass is 437 g/mol. The first kappa shape index (κ1) is 21.2. The molecule has 3 N–H and O–H groups in total. The molecule has 166 valence electrons. The summed E-state index contributed by atoms with van der Waals surface area (Å²) in [5.41, 5.74) is -0.734. The number of carbonyl (C=O) groups is 1. The number of likely N-dealkylation sites (N-methyl/N-ethyl adjacent to an activating group) is 1. The molecule has 0 bridgehead atoms. The van der Waals surface area contributed by atoms with Gasteiger partial charge in [0.25, 0.3) is 5.91 Å². The van der Waals surface area contributed by atoms with E-state index in [1.54, 1.807) is 14.0 Å². The normalized spacial score (nSPS) is 24.9. The molecule has 0 unspecified atom stereocenters. The molecule has 0 spiro atoms. The number of hydrogen-bond donors (Lipinski definition) is 3. The SMILES string of the molecule is Cc1nc(NCC2CC(Oc3cc(F)c(F)c(F)c3)C2)nc2c1NC(=O)[C@](C)(O)N2C. The van der Waals surface area contributed by atoms with E-state index in [2.05, 4.69) is 20.6 Å². The summed E-state index contributed by atoms with van der Waals surface area (Å²) in [5, 5.41) is 16.1. The molecule has 11 heteroatoms. The summed E-state index contributed by atoms with van der Waals surface area (Å²) in [6.07, 6.45) is 1.06. The summed E-state index contributed by atoms with van der Waals surface area (Å²) in [7, 11) is 1.57. The number of amides is 1. The molecule has 1 amide bonds. The van der Waals surface area contributed by atoms with Crippen LogP contribution in [0.1, 0.15) is 25.5 Å². The standard InChI is InChI=1S/C20H22F3N5O3/c1-9-16-17(28(3)20(2,30)18(29)26-16)27-19(25-9)24-8-10-4-11(5-10)31-12-6-13(21)15(23)14(22)7-12/h6-7,10-11,30H,4-5,8H2,1-3H3,(H,26,29)(H,24,25,27)/t10?,11?,20-/m0/s1.